The van der Waals surface area contributed by atoms with Crippen molar-refractivity contribution in [1.29, 1.82) is 0 Å². The van der Waals surface area contributed by atoms with Gasteiger partial charge >= 0.3 is 0 Å². The van der Waals surface area contributed by atoms with E-state index in [4.69, 9.17) is 33.7 Å². The van der Waals surface area contributed by atoms with E-state index in [1.54, 1.807) is 18.2 Å². The Bertz CT molecular complexity index is 523. The zero-order valence-electron chi connectivity index (χ0n) is 9.29. The van der Waals surface area contributed by atoms with E-state index in [2.05, 4.69) is 15.9 Å². The number of nitrogens with two attached hydrogens (primary N) is 1. The molecule has 0 heterocycles. The summed E-state index contributed by atoms with van der Waals surface area (Å²) in [5, 5.41) is 0.889. The smallest absolute Gasteiger partial charge is 0.139 e. The molecule has 0 atom stereocenters. The van der Waals surface area contributed by atoms with E-state index in [0.717, 1.165) is 10.0 Å². The molecule has 18 heavy (non-hydrogen) atoms. The summed E-state index contributed by atoms with van der Waals surface area (Å²) in [5.41, 5.74) is 7.42. The van der Waals surface area contributed by atoms with Crippen LogP contribution in [-0.4, -0.2) is 0 Å². The summed E-state index contributed by atoms with van der Waals surface area (Å²) in [4.78, 5) is 0. The summed E-state index contributed by atoms with van der Waals surface area (Å²) in [7, 11) is 0. The number of hydrogen-bond donors (Lipinski definition) is 1. The average molecular weight is 347 g/mol. The number of nitrogen functional groups attached to an aromatic ring is 1. The van der Waals surface area contributed by atoms with Gasteiger partial charge in [-0.25, -0.2) is 0 Å². The molecule has 0 aliphatic carbocycles. The molecule has 0 radical (unpaired) electrons. The Balaban J connectivity index is 2.17. The van der Waals surface area contributed by atoms with Crippen LogP contribution < -0.4 is 10.5 Å². The zero-order valence-corrected chi connectivity index (χ0v) is 12.4. The Morgan fingerprint density at radius 1 is 1.11 bits per heavy atom. The summed E-state index contributed by atoms with van der Waals surface area (Å²) in [6.07, 6.45) is 0. The molecular weight excluding hydrogens is 337 g/mol. The van der Waals surface area contributed by atoms with Crippen molar-refractivity contribution in [3.63, 3.8) is 0 Å². The monoisotopic (exact) mass is 345 g/mol. The van der Waals surface area contributed by atoms with Gasteiger partial charge in [0.05, 0.1) is 5.02 Å². The Morgan fingerprint density at radius 3 is 2.61 bits per heavy atom. The van der Waals surface area contributed by atoms with E-state index in [1.165, 1.54) is 0 Å². The molecule has 0 bridgehead atoms. The summed E-state index contributed by atoms with van der Waals surface area (Å²) < 4.78 is 6.47. The van der Waals surface area contributed by atoms with E-state index in [0.29, 0.717) is 28.1 Å². The number of ether oxygens (including phenoxy) is 1. The quantitative estimate of drug-likeness (QED) is 0.801. The van der Waals surface area contributed by atoms with E-state index in [-0.39, 0.29) is 0 Å². The highest BCUT2D eigenvalue weighted by Gasteiger charge is 2.08. The van der Waals surface area contributed by atoms with Crippen molar-refractivity contribution in [3.8, 4) is 5.75 Å². The van der Waals surface area contributed by atoms with Crippen LogP contribution in [0, 0.1) is 0 Å². The third-order valence-electron chi connectivity index (χ3n) is 2.41. The second kappa shape index (κ2) is 5.83. The third kappa shape index (κ3) is 2.91. The summed E-state index contributed by atoms with van der Waals surface area (Å²) in [6.45, 7) is 0.367. The van der Waals surface area contributed by atoms with Gasteiger partial charge in [-0.05, 0) is 34.1 Å². The number of hydrogen-bond acceptors (Lipinski definition) is 2. The van der Waals surface area contributed by atoms with Gasteiger partial charge < -0.3 is 10.5 Å². The normalized spacial score (nSPS) is 10.4. The van der Waals surface area contributed by atoms with E-state index < -0.39 is 0 Å². The highest BCUT2D eigenvalue weighted by atomic mass is 79.9. The number of rotatable bonds is 3. The fourth-order valence-electron chi connectivity index (χ4n) is 1.46. The first-order valence-electron chi connectivity index (χ1n) is 5.19. The molecule has 2 N–H and O–H groups in total. The first-order valence-corrected chi connectivity index (χ1v) is 6.74. The molecule has 5 heteroatoms. The summed E-state index contributed by atoms with van der Waals surface area (Å²) >= 11 is 15.4. The van der Waals surface area contributed by atoms with Crippen molar-refractivity contribution >= 4 is 44.8 Å². The van der Waals surface area contributed by atoms with Gasteiger partial charge in [0.1, 0.15) is 17.4 Å². The number of halogens is 3. The average Bonchev–Trinajstić information content (AvgIpc) is 2.36. The lowest BCUT2D eigenvalue weighted by Crippen LogP contribution is -1.99. The van der Waals surface area contributed by atoms with Gasteiger partial charge in [-0.2, -0.15) is 0 Å². The van der Waals surface area contributed by atoms with Crippen molar-refractivity contribution in [1.82, 2.24) is 0 Å². The minimum Gasteiger partial charge on any atom is -0.487 e. The minimum absolute atomic E-state index is 0.367. The molecule has 0 saturated carbocycles. The summed E-state index contributed by atoms with van der Waals surface area (Å²) in [6, 6.07) is 10.9. The standard InChI is InChI=1S/C13H10BrCl2NO/c14-12-8(3-1-5-10(12)17)7-18-11-6-2-4-9(15)13(11)16/h1-6H,7,17H2. The van der Waals surface area contributed by atoms with E-state index >= 15 is 0 Å². The van der Waals surface area contributed by atoms with Crippen LogP contribution in [0.1, 0.15) is 5.56 Å². The van der Waals surface area contributed by atoms with Crippen LogP contribution in [0.4, 0.5) is 5.69 Å². The van der Waals surface area contributed by atoms with Crippen LogP contribution in [0.2, 0.25) is 10.0 Å². The van der Waals surface area contributed by atoms with Gasteiger partial charge in [0, 0.05) is 15.7 Å². The Labute approximate surface area is 124 Å². The van der Waals surface area contributed by atoms with Gasteiger partial charge in [0.15, 0.2) is 0 Å². The zero-order chi connectivity index (χ0) is 13.1. The van der Waals surface area contributed by atoms with Crippen molar-refractivity contribution < 1.29 is 4.74 Å². The first-order chi connectivity index (χ1) is 8.59. The lowest BCUT2D eigenvalue weighted by Gasteiger charge is -2.11. The van der Waals surface area contributed by atoms with Crippen LogP contribution in [0.3, 0.4) is 0 Å². The molecule has 0 amide bonds. The minimum atomic E-state index is 0.367. The van der Waals surface area contributed by atoms with E-state index in [9.17, 15) is 0 Å². The molecule has 0 spiro atoms. The summed E-state index contributed by atoms with van der Waals surface area (Å²) in [5.74, 6) is 0.554. The molecular formula is C13H10BrCl2NO. The Kier molecular flexibility index (Phi) is 4.38. The van der Waals surface area contributed by atoms with Gasteiger partial charge in [-0.1, -0.05) is 41.4 Å². The van der Waals surface area contributed by atoms with Crippen molar-refractivity contribution in [3.05, 3.63) is 56.5 Å². The van der Waals surface area contributed by atoms with Gasteiger partial charge in [-0.15, -0.1) is 0 Å². The molecule has 2 aromatic carbocycles. The van der Waals surface area contributed by atoms with Crippen molar-refractivity contribution in [2.45, 2.75) is 6.61 Å². The largest absolute Gasteiger partial charge is 0.487 e. The Hall–Kier alpha value is -0.900. The lowest BCUT2D eigenvalue weighted by molar-refractivity contribution is 0.306. The predicted molar refractivity (Wildman–Crippen MR) is 79.3 cm³/mol. The Morgan fingerprint density at radius 2 is 1.83 bits per heavy atom. The molecule has 0 fully saturated rings. The maximum Gasteiger partial charge on any atom is 0.139 e. The van der Waals surface area contributed by atoms with E-state index in [1.807, 2.05) is 18.2 Å². The van der Waals surface area contributed by atoms with Gasteiger partial charge in [-0.3, -0.25) is 0 Å². The maximum atomic E-state index is 6.04. The maximum absolute atomic E-state index is 6.04. The number of anilines is 1. The SMILES string of the molecule is Nc1cccc(COc2cccc(Cl)c2Cl)c1Br. The molecule has 0 unspecified atom stereocenters. The molecule has 0 aliphatic rings. The van der Waals surface area contributed by atoms with Crippen LogP contribution in [0.25, 0.3) is 0 Å². The molecule has 0 saturated heterocycles. The van der Waals surface area contributed by atoms with Crippen molar-refractivity contribution in [2.75, 3.05) is 5.73 Å². The fourth-order valence-corrected chi connectivity index (χ4v) is 2.19. The van der Waals surface area contributed by atoms with Crippen LogP contribution in [0.5, 0.6) is 5.75 Å². The fraction of sp³-hybridized carbons (Fsp3) is 0.0769. The molecule has 0 aromatic heterocycles. The van der Waals surface area contributed by atoms with Gasteiger partial charge in [0.2, 0.25) is 0 Å². The predicted octanol–water partition coefficient (Wildman–Crippen LogP) is 4.92. The molecule has 2 aromatic rings. The second-order valence-corrected chi connectivity index (χ2v) is 5.24. The third-order valence-corrected chi connectivity index (χ3v) is 4.18. The first kappa shape index (κ1) is 13.5. The van der Waals surface area contributed by atoms with Crippen LogP contribution >= 0.6 is 39.1 Å². The van der Waals surface area contributed by atoms with Crippen LogP contribution in [0.15, 0.2) is 40.9 Å². The highest BCUT2D eigenvalue weighted by Crippen LogP contribution is 2.32. The van der Waals surface area contributed by atoms with Crippen LogP contribution in [-0.2, 0) is 6.61 Å². The molecule has 2 rings (SSSR count). The molecule has 94 valence electrons. The second-order valence-electron chi connectivity index (χ2n) is 3.66. The van der Waals surface area contributed by atoms with Crippen molar-refractivity contribution in [2.24, 2.45) is 0 Å². The molecule has 0 aliphatic heterocycles. The lowest BCUT2D eigenvalue weighted by atomic mass is 10.2. The molecule has 2 nitrogen and oxygen atoms in total. The van der Waals surface area contributed by atoms with Gasteiger partial charge in [0.25, 0.3) is 0 Å². The highest BCUT2D eigenvalue weighted by molar-refractivity contribution is 9.10. The topological polar surface area (TPSA) is 35.2 Å². The number of benzene rings is 2.